The number of carbonyl (C=O) groups is 1. The molecule has 0 radical (unpaired) electrons. The maximum atomic E-state index is 11.6. The number of hydrogen-bond donors (Lipinski definition) is 1. The molecule has 0 aliphatic heterocycles. The van der Waals surface area contributed by atoms with Crippen LogP contribution in [0.2, 0.25) is 5.02 Å². The minimum absolute atomic E-state index is 0.0757. The molecule has 0 heterocycles. The first kappa shape index (κ1) is 11.0. The van der Waals surface area contributed by atoms with Crippen LogP contribution in [0.3, 0.4) is 0 Å². The van der Waals surface area contributed by atoms with Crippen molar-refractivity contribution >= 4 is 39.1 Å². The largest absolute Gasteiger partial charge is 0.325 e. The highest BCUT2D eigenvalue weighted by atomic mass is 79.9. The molecule has 1 aliphatic rings. The number of halogens is 2. The Balaban J connectivity index is 2.07. The van der Waals surface area contributed by atoms with Gasteiger partial charge in [0.2, 0.25) is 5.91 Å². The quantitative estimate of drug-likeness (QED) is 0.883. The van der Waals surface area contributed by atoms with E-state index in [9.17, 15) is 4.79 Å². The third-order valence-electron chi connectivity index (χ3n) is 2.64. The van der Waals surface area contributed by atoms with E-state index >= 15 is 0 Å². The number of hydrogen-bond acceptors (Lipinski definition) is 1. The van der Waals surface area contributed by atoms with Gasteiger partial charge < -0.3 is 5.32 Å². The van der Waals surface area contributed by atoms with E-state index in [1.54, 1.807) is 12.1 Å². The first-order chi connectivity index (χ1) is 7.08. The van der Waals surface area contributed by atoms with Crippen molar-refractivity contribution < 1.29 is 4.79 Å². The molecule has 1 amide bonds. The van der Waals surface area contributed by atoms with Crippen LogP contribution in [0, 0.1) is 11.8 Å². The monoisotopic (exact) mass is 287 g/mol. The van der Waals surface area contributed by atoms with Gasteiger partial charge in [-0.05, 0) is 30.5 Å². The predicted octanol–water partition coefficient (Wildman–Crippen LogP) is 3.70. The smallest absolute Gasteiger partial charge is 0.227 e. The second kappa shape index (κ2) is 4.14. The maximum absolute atomic E-state index is 11.6. The molecule has 1 fully saturated rings. The van der Waals surface area contributed by atoms with Gasteiger partial charge in [-0.3, -0.25) is 4.79 Å². The minimum atomic E-state index is 0.0757. The second-order valence-electron chi connectivity index (χ2n) is 3.93. The molecule has 0 spiro atoms. The Labute approximate surface area is 102 Å². The van der Waals surface area contributed by atoms with E-state index in [2.05, 4.69) is 28.2 Å². The average Bonchev–Trinajstić information content (AvgIpc) is 2.88. The van der Waals surface area contributed by atoms with E-state index in [4.69, 9.17) is 11.6 Å². The number of rotatable bonds is 2. The average molecular weight is 289 g/mol. The molecular formula is C11H11BrClNO. The normalized spacial score (nSPS) is 23.7. The highest BCUT2D eigenvalue weighted by Crippen LogP contribution is 2.39. The molecule has 0 bridgehead atoms. The van der Waals surface area contributed by atoms with Gasteiger partial charge in [0.15, 0.2) is 0 Å². The van der Waals surface area contributed by atoms with Crippen LogP contribution in [0.25, 0.3) is 0 Å². The van der Waals surface area contributed by atoms with Gasteiger partial charge in [-0.1, -0.05) is 34.5 Å². The lowest BCUT2D eigenvalue weighted by Crippen LogP contribution is -2.14. The fourth-order valence-corrected chi connectivity index (χ4v) is 2.22. The molecule has 1 aromatic rings. The molecule has 1 aromatic carbocycles. The highest BCUT2D eigenvalue weighted by Gasteiger charge is 2.39. The molecule has 2 rings (SSSR count). The Morgan fingerprint density at radius 1 is 1.60 bits per heavy atom. The number of amides is 1. The van der Waals surface area contributed by atoms with Crippen LogP contribution in [0.4, 0.5) is 5.69 Å². The third-order valence-corrected chi connectivity index (χ3v) is 3.44. The van der Waals surface area contributed by atoms with Crippen LogP contribution < -0.4 is 5.32 Å². The molecule has 0 saturated heterocycles. The van der Waals surface area contributed by atoms with Gasteiger partial charge in [-0.25, -0.2) is 0 Å². The SMILES string of the molecule is C[C@H]1C[C@H]1C(=O)Nc1ccc(Br)cc1Cl. The van der Waals surface area contributed by atoms with Crippen molar-refractivity contribution in [2.24, 2.45) is 11.8 Å². The summed E-state index contributed by atoms with van der Waals surface area (Å²) in [6.45, 7) is 2.08. The number of benzene rings is 1. The molecule has 0 unspecified atom stereocenters. The summed E-state index contributed by atoms with van der Waals surface area (Å²) in [5, 5.41) is 3.40. The molecule has 4 heteroatoms. The fourth-order valence-electron chi connectivity index (χ4n) is 1.50. The Bertz CT molecular complexity index is 408. The lowest BCUT2D eigenvalue weighted by atomic mass is 10.3. The molecular weight excluding hydrogens is 277 g/mol. The number of carbonyl (C=O) groups excluding carboxylic acids is 1. The molecule has 2 atom stereocenters. The van der Waals surface area contributed by atoms with Gasteiger partial charge in [0.25, 0.3) is 0 Å². The minimum Gasteiger partial charge on any atom is -0.325 e. The van der Waals surface area contributed by atoms with Gasteiger partial charge in [-0.15, -0.1) is 0 Å². The van der Waals surface area contributed by atoms with Crippen LogP contribution in [-0.4, -0.2) is 5.91 Å². The molecule has 1 saturated carbocycles. The lowest BCUT2D eigenvalue weighted by molar-refractivity contribution is -0.117. The van der Waals surface area contributed by atoms with Crippen molar-refractivity contribution in [3.05, 3.63) is 27.7 Å². The fraction of sp³-hybridized carbons (Fsp3) is 0.364. The van der Waals surface area contributed by atoms with E-state index in [0.29, 0.717) is 16.6 Å². The Morgan fingerprint density at radius 2 is 2.27 bits per heavy atom. The van der Waals surface area contributed by atoms with Crippen LogP contribution >= 0.6 is 27.5 Å². The lowest BCUT2D eigenvalue weighted by Gasteiger charge is -2.06. The van der Waals surface area contributed by atoms with Gasteiger partial charge in [0, 0.05) is 10.4 Å². The van der Waals surface area contributed by atoms with E-state index in [1.165, 1.54) is 0 Å². The predicted molar refractivity (Wildman–Crippen MR) is 65.1 cm³/mol. The van der Waals surface area contributed by atoms with Crippen molar-refractivity contribution in [3.63, 3.8) is 0 Å². The van der Waals surface area contributed by atoms with Crippen molar-refractivity contribution in [3.8, 4) is 0 Å². The molecule has 80 valence electrons. The van der Waals surface area contributed by atoms with Crippen molar-refractivity contribution in [2.45, 2.75) is 13.3 Å². The number of anilines is 1. The van der Waals surface area contributed by atoms with Crippen molar-refractivity contribution in [1.82, 2.24) is 0 Å². The van der Waals surface area contributed by atoms with Gasteiger partial charge in [0.1, 0.15) is 0 Å². The summed E-state index contributed by atoms with van der Waals surface area (Å²) in [5.41, 5.74) is 0.684. The van der Waals surface area contributed by atoms with Gasteiger partial charge >= 0.3 is 0 Å². The van der Waals surface area contributed by atoms with Crippen molar-refractivity contribution in [1.29, 1.82) is 0 Å². The molecule has 0 aromatic heterocycles. The second-order valence-corrected chi connectivity index (χ2v) is 5.26. The zero-order valence-electron chi connectivity index (χ0n) is 8.26. The van der Waals surface area contributed by atoms with E-state index in [0.717, 1.165) is 10.9 Å². The Hall–Kier alpha value is -0.540. The summed E-state index contributed by atoms with van der Waals surface area (Å²) in [6.07, 6.45) is 0.986. The maximum Gasteiger partial charge on any atom is 0.227 e. The van der Waals surface area contributed by atoms with Crippen LogP contribution in [-0.2, 0) is 4.79 Å². The zero-order valence-corrected chi connectivity index (χ0v) is 10.6. The molecule has 1 aliphatic carbocycles. The summed E-state index contributed by atoms with van der Waals surface area (Å²) in [7, 11) is 0. The molecule has 15 heavy (non-hydrogen) atoms. The van der Waals surface area contributed by atoms with Crippen LogP contribution in [0.5, 0.6) is 0 Å². The third kappa shape index (κ3) is 2.52. The summed E-state index contributed by atoms with van der Waals surface area (Å²) >= 11 is 9.31. The van der Waals surface area contributed by atoms with E-state index in [-0.39, 0.29) is 11.8 Å². The van der Waals surface area contributed by atoms with Gasteiger partial charge in [0.05, 0.1) is 10.7 Å². The summed E-state index contributed by atoms with van der Waals surface area (Å²) in [6, 6.07) is 5.43. The molecule has 2 nitrogen and oxygen atoms in total. The number of nitrogens with one attached hydrogen (secondary N) is 1. The highest BCUT2D eigenvalue weighted by molar-refractivity contribution is 9.10. The standard InChI is InChI=1S/C11H11BrClNO/c1-6-4-8(6)11(15)14-10-3-2-7(12)5-9(10)13/h2-3,5-6,8H,4H2,1H3,(H,14,15)/t6-,8+/m0/s1. The Morgan fingerprint density at radius 3 is 2.80 bits per heavy atom. The Kier molecular flexibility index (Phi) is 3.03. The topological polar surface area (TPSA) is 29.1 Å². The van der Waals surface area contributed by atoms with Gasteiger partial charge in [-0.2, -0.15) is 0 Å². The van der Waals surface area contributed by atoms with E-state index < -0.39 is 0 Å². The van der Waals surface area contributed by atoms with Crippen LogP contribution in [0.1, 0.15) is 13.3 Å². The first-order valence-corrected chi connectivity index (χ1v) is 6.01. The van der Waals surface area contributed by atoms with Crippen LogP contribution in [0.15, 0.2) is 22.7 Å². The summed E-state index contributed by atoms with van der Waals surface area (Å²) in [5.74, 6) is 0.760. The summed E-state index contributed by atoms with van der Waals surface area (Å²) < 4.78 is 0.908. The summed E-state index contributed by atoms with van der Waals surface area (Å²) in [4.78, 5) is 11.6. The molecule has 1 N–H and O–H groups in total. The first-order valence-electron chi connectivity index (χ1n) is 4.84. The van der Waals surface area contributed by atoms with Crippen molar-refractivity contribution in [2.75, 3.05) is 5.32 Å². The zero-order chi connectivity index (χ0) is 11.0. The van der Waals surface area contributed by atoms with E-state index in [1.807, 2.05) is 6.07 Å².